The normalized spacial score (nSPS) is 16.7. The van der Waals surface area contributed by atoms with Gasteiger partial charge in [0.15, 0.2) is 0 Å². The zero-order valence-corrected chi connectivity index (χ0v) is 19.9. The molecular weight excluding hydrogens is 410 g/mol. The van der Waals surface area contributed by atoms with Gasteiger partial charge in [-0.2, -0.15) is 5.26 Å². The molecule has 0 saturated carbocycles. The number of anilines is 1. The molecular formula is C27H33N5O. The van der Waals surface area contributed by atoms with E-state index in [0.717, 1.165) is 45.8 Å². The second-order valence-corrected chi connectivity index (χ2v) is 8.89. The van der Waals surface area contributed by atoms with Gasteiger partial charge in [0.05, 0.1) is 23.7 Å². The lowest BCUT2D eigenvalue weighted by Gasteiger charge is -2.43. The third kappa shape index (κ3) is 5.44. The lowest BCUT2D eigenvalue weighted by molar-refractivity contribution is 0.114. The number of aryl methyl sites for hydroxylation is 1. The summed E-state index contributed by atoms with van der Waals surface area (Å²) in [4.78, 5) is 9.55. The Bertz CT molecular complexity index is 1100. The van der Waals surface area contributed by atoms with Gasteiger partial charge in [-0.15, -0.1) is 0 Å². The number of rotatable bonds is 8. The third-order valence-electron chi connectivity index (χ3n) is 6.78. The zero-order valence-electron chi connectivity index (χ0n) is 19.9. The molecule has 1 aliphatic rings. The Morgan fingerprint density at radius 2 is 1.91 bits per heavy atom. The van der Waals surface area contributed by atoms with Crippen LogP contribution in [0.15, 0.2) is 55.0 Å². The molecule has 33 heavy (non-hydrogen) atoms. The number of benzene rings is 2. The van der Waals surface area contributed by atoms with Gasteiger partial charge in [0.1, 0.15) is 0 Å². The second-order valence-electron chi connectivity index (χ2n) is 8.89. The van der Waals surface area contributed by atoms with Gasteiger partial charge in [-0.25, -0.2) is 4.98 Å². The molecule has 1 aliphatic heterocycles. The largest absolute Gasteiger partial charge is 0.385 e. The maximum absolute atomic E-state index is 9.03. The van der Waals surface area contributed by atoms with E-state index in [0.29, 0.717) is 11.6 Å². The molecule has 0 aliphatic carbocycles. The van der Waals surface area contributed by atoms with Gasteiger partial charge < -0.3 is 14.2 Å². The number of hydrogen-bond acceptors (Lipinski definition) is 5. The van der Waals surface area contributed by atoms with Crippen LogP contribution in [0.3, 0.4) is 0 Å². The van der Waals surface area contributed by atoms with Gasteiger partial charge in [-0.3, -0.25) is 4.90 Å². The van der Waals surface area contributed by atoms with E-state index in [1.807, 2.05) is 36.8 Å². The average molecular weight is 444 g/mol. The van der Waals surface area contributed by atoms with E-state index in [1.54, 1.807) is 7.11 Å². The molecule has 1 aromatic heterocycles. The van der Waals surface area contributed by atoms with Crippen LogP contribution in [0.2, 0.25) is 0 Å². The van der Waals surface area contributed by atoms with Gasteiger partial charge in [0.25, 0.3) is 0 Å². The highest BCUT2D eigenvalue weighted by molar-refractivity contribution is 5.56. The number of imidazole rings is 1. The number of hydrogen-bond donors (Lipinski definition) is 0. The summed E-state index contributed by atoms with van der Waals surface area (Å²) in [6.07, 6.45) is 4.89. The van der Waals surface area contributed by atoms with Crippen LogP contribution in [0, 0.1) is 25.2 Å². The van der Waals surface area contributed by atoms with Crippen molar-refractivity contribution in [2.75, 3.05) is 38.3 Å². The number of ether oxygens (including phenoxy) is 1. The van der Waals surface area contributed by atoms with E-state index in [1.165, 1.54) is 28.1 Å². The molecule has 4 rings (SSSR count). The van der Waals surface area contributed by atoms with Gasteiger partial charge in [-0.05, 0) is 55.2 Å². The standard InChI is InChI=1S/C27H33N5O/c1-21-5-4-6-27(22(21)2)31-13-12-30(25(18-31)11-14-33-3)19-26-16-29-20-32(26)17-24-9-7-23(15-28)8-10-24/h4-10,16,20,25H,11-14,17-19H2,1-3H3/t25-/m0/s1. The molecule has 0 bridgehead atoms. The summed E-state index contributed by atoms with van der Waals surface area (Å²) in [5, 5.41) is 9.03. The Morgan fingerprint density at radius 1 is 1.09 bits per heavy atom. The summed E-state index contributed by atoms with van der Waals surface area (Å²) >= 11 is 0. The molecule has 1 atom stereocenters. The molecule has 2 aromatic carbocycles. The SMILES string of the molecule is COCC[C@H]1CN(c2cccc(C)c2C)CCN1Cc1cncn1Cc1ccc(C#N)cc1. The Morgan fingerprint density at radius 3 is 2.67 bits per heavy atom. The topological polar surface area (TPSA) is 57.3 Å². The number of nitrogens with zero attached hydrogens (tertiary/aromatic N) is 5. The number of methoxy groups -OCH3 is 1. The molecule has 0 amide bonds. The highest BCUT2D eigenvalue weighted by atomic mass is 16.5. The average Bonchev–Trinajstić information content (AvgIpc) is 3.27. The van der Waals surface area contributed by atoms with E-state index in [4.69, 9.17) is 10.00 Å². The fourth-order valence-corrected chi connectivity index (χ4v) is 4.64. The summed E-state index contributed by atoms with van der Waals surface area (Å²) in [5.41, 5.74) is 7.13. The van der Waals surface area contributed by atoms with Crippen LogP contribution in [-0.2, 0) is 17.8 Å². The highest BCUT2D eigenvalue weighted by Crippen LogP contribution is 2.27. The smallest absolute Gasteiger partial charge is 0.0991 e. The Kier molecular flexibility index (Phi) is 7.43. The first kappa shape index (κ1) is 23.0. The van der Waals surface area contributed by atoms with E-state index >= 15 is 0 Å². The second kappa shape index (κ2) is 10.7. The first-order valence-corrected chi connectivity index (χ1v) is 11.6. The van der Waals surface area contributed by atoms with Crippen molar-refractivity contribution in [3.63, 3.8) is 0 Å². The first-order valence-electron chi connectivity index (χ1n) is 11.6. The van der Waals surface area contributed by atoms with E-state index < -0.39 is 0 Å². The summed E-state index contributed by atoms with van der Waals surface area (Å²) in [5.74, 6) is 0. The van der Waals surface area contributed by atoms with E-state index in [9.17, 15) is 0 Å². The lowest BCUT2D eigenvalue weighted by atomic mass is 10.0. The van der Waals surface area contributed by atoms with Crippen molar-refractivity contribution in [3.05, 3.63) is 82.9 Å². The van der Waals surface area contributed by atoms with Crippen LogP contribution in [0.4, 0.5) is 5.69 Å². The zero-order chi connectivity index (χ0) is 23.2. The molecule has 1 fully saturated rings. The molecule has 0 unspecified atom stereocenters. The Hall–Kier alpha value is -3.14. The monoisotopic (exact) mass is 443 g/mol. The molecule has 6 heteroatoms. The molecule has 2 heterocycles. The molecule has 0 radical (unpaired) electrons. The lowest BCUT2D eigenvalue weighted by Crippen LogP contribution is -2.53. The van der Waals surface area contributed by atoms with Crippen molar-refractivity contribution in [3.8, 4) is 6.07 Å². The first-order chi connectivity index (χ1) is 16.1. The van der Waals surface area contributed by atoms with Crippen molar-refractivity contribution in [2.45, 2.75) is 39.4 Å². The number of aromatic nitrogens is 2. The highest BCUT2D eigenvalue weighted by Gasteiger charge is 2.28. The molecule has 172 valence electrons. The van der Waals surface area contributed by atoms with Crippen molar-refractivity contribution in [1.29, 1.82) is 5.26 Å². The Balaban J connectivity index is 1.48. The Labute approximate surface area is 197 Å². The van der Waals surface area contributed by atoms with Crippen LogP contribution in [0.25, 0.3) is 0 Å². The molecule has 0 spiro atoms. The predicted octanol–water partition coefficient (Wildman–Crippen LogP) is 4.15. The summed E-state index contributed by atoms with van der Waals surface area (Å²) in [7, 11) is 1.78. The number of piperazine rings is 1. The van der Waals surface area contributed by atoms with Crippen molar-refractivity contribution >= 4 is 5.69 Å². The maximum Gasteiger partial charge on any atom is 0.0991 e. The van der Waals surface area contributed by atoms with Crippen LogP contribution in [0.5, 0.6) is 0 Å². The van der Waals surface area contributed by atoms with Crippen LogP contribution >= 0.6 is 0 Å². The van der Waals surface area contributed by atoms with Gasteiger partial charge in [0, 0.05) is 64.4 Å². The summed E-state index contributed by atoms with van der Waals surface area (Å²) < 4.78 is 7.66. The van der Waals surface area contributed by atoms with Gasteiger partial charge in [-0.1, -0.05) is 24.3 Å². The predicted molar refractivity (Wildman–Crippen MR) is 131 cm³/mol. The molecule has 6 nitrogen and oxygen atoms in total. The fraction of sp³-hybridized carbons (Fsp3) is 0.407. The molecule has 1 saturated heterocycles. The minimum Gasteiger partial charge on any atom is -0.385 e. The van der Waals surface area contributed by atoms with Crippen LogP contribution in [0.1, 0.15) is 34.4 Å². The fourth-order valence-electron chi connectivity index (χ4n) is 4.64. The quantitative estimate of drug-likeness (QED) is 0.524. The van der Waals surface area contributed by atoms with E-state index in [-0.39, 0.29) is 0 Å². The summed E-state index contributed by atoms with van der Waals surface area (Å²) in [6.45, 7) is 9.80. The number of nitriles is 1. The van der Waals surface area contributed by atoms with Crippen molar-refractivity contribution in [1.82, 2.24) is 14.5 Å². The minimum atomic E-state index is 0.414. The molecule has 0 N–H and O–H groups in total. The minimum absolute atomic E-state index is 0.414. The van der Waals surface area contributed by atoms with E-state index in [2.05, 4.69) is 57.5 Å². The summed E-state index contributed by atoms with van der Waals surface area (Å²) in [6, 6.07) is 17.0. The maximum atomic E-state index is 9.03. The van der Waals surface area contributed by atoms with Crippen molar-refractivity contribution in [2.24, 2.45) is 0 Å². The third-order valence-corrected chi connectivity index (χ3v) is 6.78. The van der Waals surface area contributed by atoms with Crippen molar-refractivity contribution < 1.29 is 4.74 Å². The molecule has 3 aromatic rings. The van der Waals surface area contributed by atoms with Gasteiger partial charge >= 0.3 is 0 Å². The van der Waals surface area contributed by atoms with Crippen LogP contribution < -0.4 is 4.90 Å². The van der Waals surface area contributed by atoms with Crippen LogP contribution in [-0.4, -0.2) is 53.8 Å². The van der Waals surface area contributed by atoms with Gasteiger partial charge in [0.2, 0.25) is 0 Å².